The van der Waals surface area contributed by atoms with E-state index in [1.165, 1.54) is 0 Å². The Morgan fingerprint density at radius 1 is 1.33 bits per heavy atom. The summed E-state index contributed by atoms with van der Waals surface area (Å²) in [5.41, 5.74) is 1.38. The van der Waals surface area contributed by atoms with E-state index in [0.29, 0.717) is 17.2 Å². The highest BCUT2D eigenvalue weighted by molar-refractivity contribution is 5.92. The number of carbonyl (C=O) groups is 1. The van der Waals surface area contributed by atoms with Crippen LogP contribution in [0.25, 0.3) is 0 Å². The molecule has 1 aliphatic heterocycles. The number of hydrogen-bond donors (Lipinski definition) is 1. The van der Waals surface area contributed by atoms with Crippen LogP contribution in [0.3, 0.4) is 0 Å². The number of amides is 1. The maximum absolute atomic E-state index is 11.8. The van der Waals surface area contributed by atoms with Crippen LogP contribution in [0.5, 0.6) is 17.5 Å². The topological polar surface area (TPSA) is 82.6 Å². The molecular weight excluding hydrogens is 274 g/mol. The van der Waals surface area contributed by atoms with E-state index in [4.69, 9.17) is 14.2 Å². The van der Waals surface area contributed by atoms with E-state index < -0.39 is 0 Å². The van der Waals surface area contributed by atoms with E-state index in [1.54, 1.807) is 30.5 Å². The van der Waals surface area contributed by atoms with Crippen LogP contribution in [0.2, 0.25) is 0 Å². The zero-order valence-corrected chi connectivity index (χ0v) is 11.3. The van der Waals surface area contributed by atoms with Gasteiger partial charge in [-0.2, -0.15) is 0 Å². The Labute approximate surface area is 120 Å². The molecule has 2 heterocycles. The van der Waals surface area contributed by atoms with Crippen LogP contribution < -0.4 is 19.5 Å². The Kier molecular flexibility index (Phi) is 3.55. The van der Waals surface area contributed by atoms with E-state index in [1.807, 2.05) is 6.92 Å². The third kappa shape index (κ3) is 3.19. The zero-order valence-electron chi connectivity index (χ0n) is 11.3. The average molecular weight is 287 g/mol. The molecule has 21 heavy (non-hydrogen) atoms. The van der Waals surface area contributed by atoms with Gasteiger partial charge in [-0.05, 0) is 25.1 Å². The van der Waals surface area contributed by atoms with Gasteiger partial charge >= 0.3 is 6.01 Å². The van der Waals surface area contributed by atoms with E-state index in [-0.39, 0.29) is 25.3 Å². The van der Waals surface area contributed by atoms with Crippen LogP contribution in [0, 0.1) is 6.92 Å². The van der Waals surface area contributed by atoms with Gasteiger partial charge in [0.25, 0.3) is 5.91 Å². The Morgan fingerprint density at radius 2 is 2.19 bits per heavy atom. The quantitative estimate of drug-likeness (QED) is 0.918. The van der Waals surface area contributed by atoms with Crippen molar-refractivity contribution in [1.82, 2.24) is 9.97 Å². The molecule has 1 aromatic heterocycles. The molecule has 7 heteroatoms. The second kappa shape index (κ2) is 5.66. The minimum absolute atomic E-state index is 0.169. The van der Waals surface area contributed by atoms with Crippen molar-refractivity contribution in [3.8, 4) is 17.5 Å². The third-order valence-electron chi connectivity index (χ3n) is 2.76. The number of nitrogens with zero attached hydrogens (tertiary/aromatic N) is 2. The fraction of sp³-hybridized carbons (Fsp3) is 0.214. The number of anilines is 1. The third-order valence-corrected chi connectivity index (χ3v) is 2.76. The molecule has 1 aliphatic rings. The number of rotatable bonds is 4. The minimum atomic E-state index is -0.307. The van der Waals surface area contributed by atoms with Gasteiger partial charge in [0.05, 0.1) is 0 Å². The monoisotopic (exact) mass is 287 g/mol. The van der Waals surface area contributed by atoms with E-state index >= 15 is 0 Å². The molecule has 1 amide bonds. The second-order valence-corrected chi connectivity index (χ2v) is 4.39. The largest absolute Gasteiger partial charge is 0.454 e. The molecule has 3 rings (SSSR count). The first-order valence-electron chi connectivity index (χ1n) is 6.33. The molecule has 0 unspecified atom stereocenters. The maximum Gasteiger partial charge on any atom is 0.317 e. The molecule has 108 valence electrons. The SMILES string of the molecule is Cc1ccnc(OCC(=O)Nc2ccc3c(c2)OCO3)n1. The van der Waals surface area contributed by atoms with Gasteiger partial charge in [0.15, 0.2) is 18.1 Å². The fourth-order valence-corrected chi connectivity index (χ4v) is 1.80. The molecule has 0 bridgehead atoms. The van der Waals surface area contributed by atoms with Crippen LogP contribution in [0.15, 0.2) is 30.5 Å². The molecule has 0 radical (unpaired) electrons. The Hall–Kier alpha value is -2.83. The van der Waals surface area contributed by atoms with Gasteiger partial charge < -0.3 is 19.5 Å². The van der Waals surface area contributed by atoms with Gasteiger partial charge in [0.1, 0.15) is 0 Å². The molecule has 7 nitrogen and oxygen atoms in total. The molecule has 0 fully saturated rings. The first-order valence-corrected chi connectivity index (χ1v) is 6.33. The summed E-state index contributed by atoms with van der Waals surface area (Å²) >= 11 is 0. The van der Waals surface area contributed by atoms with Crippen molar-refractivity contribution < 1.29 is 19.0 Å². The van der Waals surface area contributed by atoms with Crippen molar-refractivity contribution >= 4 is 11.6 Å². The number of nitrogens with one attached hydrogen (secondary N) is 1. The van der Waals surface area contributed by atoms with Gasteiger partial charge in [-0.15, -0.1) is 0 Å². The van der Waals surface area contributed by atoms with Gasteiger partial charge in [-0.1, -0.05) is 0 Å². The number of aromatic nitrogens is 2. The number of benzene rings is 1. The Bertz CT molecular complexity index is 675. The Balaban J connectivity index is 1.57. The van der Waals surface area contributed by atoms with Gasteiger partial charge in [-0.25, -0.2) is 9.97 Å². The van der Waals surface area contributed by atoms with E-state index in [0.717, 1.165) is 5.69 Å². The molecule has 1 aromatic carbocycles. The summed E-state index contributed by atoms with van der Waals surface area (Å²) in [6.07, 6.45) is 1.58. The Morgan fingerprint density at radius 3 is 3.05 bits per heavy atom. The average Bonchev–Trinajstić information content (AvgIpc) is 2.93. The molecule has 0 spiro atoms. The van der Waals surface area contributed by atoms with E-state index in [9.17, 15) is 4.79 Å². The lowest BCUT2D eigenvalue weighted by Gasteiger charge is -2.07. The van der Waals surface area contributed by atoms with Crippen molar-refractivity contribution in [2.75, 3.05) is 18.7 Å². The molecule has 0 saturated heterocycles. The van der Waals surface area contributed by atoms with E-state index in [2.05, 4.69) is 15.3 Å². The van der Waals surface area contributed by atoms with Gasteiger partial charge in [0, 0.05) is 23.6 Å². The summed E-state index contributed by atoms with van der Waals surface area (Å²) < 4.78 is 15.7. The van der Waals surface area contributed by atoms with Crippen LogP contribution >= 0.6 is 0 Å². The number of carbonyl (C=O) groups excluding carboxylic acids is 1. The lowest BCUT2D eigenvalue weighted by Crippen LogP contribution is -2.20. The summed E-state index contributed by atoms with van der Waals surface area (Å²) in [5, 5.41) is 2.70. The zero-order chi connectivity index (χ0) is 14.7. The van der Waals surface area contributed by atoms with Crippen LogP contribution in [0.4, 0.5) is 5.69 Å². The van der Waals surface area contributed by atoms with Crippen molar-refractivity contribution in [3.05, 3.63) is 36.2 Å². The highest BCUT2D eigenvalue weighted by Crippen LogP contribution is 2.34. The number of aryl methyl sites for hydroxylation is 1. The smallest absolute Gasteiger partial charge is 0.317 e. The lowest BCUT2D eigenvalue weighted by molar-refractivity contribution is -0.118. The minimum Gasteiger partial charge on any atom is -0.454 e. The summed E-state index contributed by atoms with van der Waals surface area (Å²) in [6, 6.07) is 7.09. The van der Waals surface area contributed by atoms with Crippen LogP contribution in [0.1, 0.15) is 5.69 Å². The van der Waals surface area contributed by atoms with Crippen molar-refractivity contribution in [2.45, 2.75) is 6.92 Å². The summed E-state index contributed by atoms with van der Waals surface area (Å²) in [7, 11) is 0. The van der Waals surface area contributed by atoms with Gasteiger partial charge in [-0.3, -0.25) is 4.79 Å². The predicted octanol–water partition coefficient (Wildman–Crippen LogP) is 1.53. The summed E-state index contributed by atoms with van der Waals surface area (Å²) in [4.78, 5) is 19.8. The number of fused-ring (bicyclic) bond motifs is 1. The number of hydrogen-bond acceptors (Lipinski definition) is 6. The highest BCUT2D eigenvalue weighted by atomic mass is 16.7. The molecule has 0 saturated carbocycles. The van der Waals surface area contributed by atoms with Crippen LogP contribution in [-0.4, -0.2) is 29.3 Å². The standard InChI is InChI=1S/C14H13N3O4/c1-9-4-5-15-14(16-9)19-7-13(18)17-10-2-3-11-12(6-10)21-8-20-11/h2-6H,7-8H2,1H3,(H,17,18). The molecule has 0 atom stereocenters. The normalized spacial score (nSPS) is 12.0. The maximum atomic E-state index is 11.8. The van der Waals surface area contributed by atoms with Gasteiger partial charge in [0.2, 0.25) is 6.79 Å². The summed E-state index contributed by atoms with van der Waals surface area (Å²) in [5.74, 6) is 0.965. The fourth-order valence-electron chi connectivity index (χ4n) is 1.80. The second-order valence-electron chi connectivity index (χ2n) is 4.39. The highest BCUT2D eigenvalue weighted by Gasteiger charge is 2.14. The first-order chi connectivity index (χ1) is 10.2. The van der Waals surface area contributed by atoms with Crippen LogP contribution in [-0.2, 0) is 4.79 Å². The molecule has 1 N–H and O–H groups in total. The predicted molar refractivity (Wildman–Crippen MR) is 73.5 cm³/mol. The number of ether oxygens (including phenoxy) is 3. The summed E-state index contributed by atoms with van der Waals surface area (Å²) in [6.45, 7) is 1.85. The molecular formula is C14H13N3O4. The van der Waals surface area contributed by atoms with Crippen molar-refractivity contribution in [3.63, 3.8) is 0 Å². The lowest BCUT2D eigenvalue weighted by atomic mass is 10.3. The molecule has 0 aliphatic carbocycles. The first kappa shape index (κ1) is 13.2. The van der Waals surface area contributed by atoms with Crippen molar-refractivity contribution in [2.24, 2.45) is 0 Å². The van der Waals surface area contributed by atoms with Crippen molar-refractivity contribution in [1.29, 1.82) is 0 Å². The molecule has 2 aromatic rings.